The van der Waals surface area contributed by atoms with Crippen molar-refractivity contribution in [1.29, 1.82) is 0 Å². The highest BCUT2D eigenvalue weighted by atomic mass is 16.5. The van der Waals surface area contributed by atoms with Crippen LogP contribution in [0.5, 0.6) is 0 Å². The van der Waals surface area contributed by atoms with Crippen LogP contribution in [0.15, 0.2) is 48.5 Å². The maximum absolute atomic E-state index is 12.5. The number of methoxy groups -OCH3 is 1. The van der Waals surface area contributed by atoms with Gasteiger partial charge in [-0.3, -0.25) is 4.79 Å². The molecule has 1 N–H and O–H groups in total. The quantitative estimate of drug-likeness (QED) is 0.742. The molecule has 3 aromatic rings. The highest BCUT2D eigenvalue weighted by Gasteiger charge is 2.15. The largest absolute Gasteiger partial charge is 0.465 e. The first kappa shape index (κ1) is 16.8. The van der Waals surface area contributed by atoms with E-state index in [-0.39, 0.29) is 12.3 Å². The number of benzene rings is 2. The van der Waals surface area contributed by atoms with Crippen LogP contribution in [0, 0.1) is 6.92 Å². The number of aryl methyl sites for hydroxylation is 1. The van der Waals surface area contributed by atoms with E-state index in [0.717, 1.165) is 22.2 Å². The Hall–Kier alpha value is -3.08. The molecular formula is C20H20N2O3. The monoisotopic (exact) mass is 336 g/mol. The number of rotatable bonds is 4. The second-order valence-electron chi connectivity index (χ2n) is 5.94. The summed E-state index contributed by atoms with van der Waals surface area (Å²) in [7, 11) is 3.33. The molecule has 1 amide bonds. The first-order valence-electron chi connectivity index (χ1n) is 8.02. The third-order valence-electron chi connectivity index (χ3n) is 4.44. The van der Waals surface area contributed by atoms with Crippen LogP contribution in [-0.2, 0) is 23.0 Å². The minimum Gasteiger partial charge on any atom is -0.465 e. The predicted molar refractivity (Wildman–Crippen MR) is 97.8 cm³/mol. The number of carbonyl (C=O) groups excluding carboxylic acids is 2. The van der Waals surface area contributed by atoms with Crippen LogP contribution in [0.2, 0.25) is 0 Å². The molecule has 0 saturated carbocycles. The lowest BCUT2D eigenvalue weighted by Crippen LogP contribution is -2.15. The molecule has 1 heterocycles. The van der Waals surface area contributed by atoms with Gasteiger partial charge in [0.1, 0.15) is 0 Å². The minimum atomic E-state index is -0.430. The van der Waals surface area contributed by atoms with Crippen LogP contribution in [0.25, 0.3) is 10.9 Å². The van der Waals surface area contributed by atoms with Crippen molar-refractivity contribution in [3.05, 3.63) is 65.4 Å². The summed E-state index contributed by atoms with van der Waals surface area (Å²) in [6.07, 6.45) is 0.273. The van der Waals surface area contributed by atoms with Crippen LogP contribution in [0.3, 0.4) is 0 Å². The Morgan fingerprint density at radius 1 is 1.12 bits per heavy atom. The Morgan fingerprint density at radius 3 is 2.64 bits per heavy atom. The van der Waals surface area contributed by atoms with E-state index in [1.807, 2.05) is 38.2 Å². The van der Waals surface area contributed by atoms with Gasteiger partial charge >= 0.3 is 5.97 Å². The van der Waals surface area contributed by atoms with E-state index < -0.39 is 5.97 Å². The van der Waals surface area contributed by atoms with Crippen molar-refractivity contribution in [3.8, 4) is 0 Å². The van der Waals surface area contributed by atoms with E-state index in [4.69, 9.17) is 4.74 Å². The zero-order chi connectivity index (χ0) is 18.0. The fraction of sp³-hybridized carbons (Fsp3) is 0.200. The van der Waals surface area contributed by atoms with Crippen molar-refractivity contribution in [2.45, 2.75) is 13.3 Å². The lowest BCUT2D eigenvalue weighted by Gasteiger charge is -2.07. The van der Waals surface area contributed by atoms with Gasteiger partial charge in [-0.2, -0.15) is 0 Å². The summed E-state index contributed by atoms with van der Waals surface area (Å²) in [5, 5.41) is 3.94. The van der Waals surface area contributed by atoms with Crippen LogP contribution in [0.4, 0.5) is 5.69 Å². The summed E-state index contributed by atoms with van der Waals surface area (Å²) >= 11 is 0. The van der Waals surface area contributed by atoms with Crippen molar-refractivity contribution in [1.82, 2.24) is 4.57 Å². The van der Waals surface area contributed by atoms with Gasteiger partial charge in [0.15, 0.2) is 0 Å². The maximum Gasteiger partial charge on any atom is 0.337 e. The number of nitrogens with one attached hydrogen (secondary N) is 1. The predicted octanol–water partition coefficient (Wildman–Crippen LogP) is 3.45. The molecule has 0 saturated heterocycles. The Kier molecular flexibility index (Phi) is 4.57. The molecular weight excluding hydrogens is 316 g/mol. The smallest absolute Gasteiger partial charge is 0.337 e. The number of ether oxygens (including phenoxy) is 1. The van der Waals surface area contributed by atoms with Gasteiger partial charge in [0.25, 0.3) is 0 Å². The summed E-state index contributed by atoms with van der Waals surface area (Å²) in [6.45, 7) is 2.01. The summed E-state index contributed by atoms with van der Waals surface area (Å²) in [4.78, 5) is 24.1. The number of nitrogens with zero attached hydrogens (tertiary/aromatic N) is 1. The molecule has 1 aromatic heterocycles. The van der Waals surface area contributed by atoms with Gasteiger partial charge in [0, 0.05) is 29.3 Å². The van der Waals surface area contributed by atoms with E-state index in [1.165, 1.54) is 7.11 Å². The van der Waals surface area contributed by atoms with Gasteiger partial charge < -0.3 is 14.6 Å². The Labute approximate surface area is 146 Å². The van der Waals surface area contributed by atoms with Crippen molar-refractivity contribution in [2.75, 3.05) is 12.4 Å². The van der Waals surface area contributed by atoms with Gasteiger partial charge in [0.05, 0.1) is 19.1 Å². The molecule has 5 nitrogen and oxygen atoms in total. The molecule has 25 heavy (non-hydrogen) atoms. The van der Waals surface area contributed by atoms with Gasteiger partial charge in [0.2, 0.25) is 5.91 Å². The van der Waals surface area contributed by atoms with Crippen molar-refractivity contribution in [2.24, 2.45) is 7.05 Å². The van der Waals surface area contributed by atoms with Crippen LogP contribution in [-0.4, -0.2) is 23.6 Å². The Morgan fingerprint density at radius 2 is 1.88 bits per heavy atom. The maximum atomic E-state index is 12.5. The molecule has 0 aliphatic rings. The number of amides is 1. The third kappa shape index (κ3) is 3.26. The second-order valence-corrected chi connectivity index (χ2v) is 5.94. The molecule has 128 valence electrons. The van der Waals surface area contributed by atoms with Gasteiger partial charge in [-0.25, -0.2) is 4.79 Å². The first-order chi connectivity index (χ1) is 12.0. The molecule has 3 rings (SSSR count). The molecule has 0 aliphatic carbocycles. The minimum absolute atomic E-state index is 0.124. The Balaban J connectivity index is 1.82. The normalized spacial score (nSPS) is 10.7. The molecule has 0 fully saturated rings. The van der Waals surface area contributed by atoms with Crippen LogP contribution >= 0.6 is 0 Å². The lowest BCUT2D eigenvalue weighted by molar-refractivity contribution is -0.115. The highest BCUT2D eigenvalue weighted by molar-refractivity contribution is 5.98. The number of aromatic nitrogens is 1. The number of anilines is 1. The zero-order valence-electron chi connectivity index (χ0n) is 14.5. The van der Waals surface area contributed by atoms with Crippen molar-refractivity contribution >= 4 is 28.5 Å². The van der Waals surface area contributed by atoms with E-state index in [0.29, 0.717) is 11.3 Å². The highest BCUT2D eigenvalue weighted by Crippen LogP contribution is 2.25. The number of esters is 1. The second kappa shape index (κ2) is 6.81. The van der Waals surface area contributed by atoms with E-state index >= 15 is 0 Å². The standard InChI is InChI=1S/C20H20N2O3/c1-13-17(16-9-4-5-10-18(16)22(13)2)12-19(23)21-15-8-6-7-14(11-15)20(24)25-3/h4-11H,12H2,1-3H3,(H,21,23). The topological polar surface area (TPSA) is 60.3 Å². The number of hydrogen-bond donors (Lipinski definition) is 1. The molecule has 0 atom stereocenters. The molecule has 2 aromatic carbocycles. The molecule has 0 radical (unpaired) electrons. The van der Waals surface area contributed by atoms with E-state index in [2.05, 4.69) is 9.88 Å². The molecule has 0 bridgehead atoms. The van der Waals surface area contributed by atoms with Crippen LogP contribution < -0.4 is 5.32 Å². The SMILES string of the molecule is COC(=O)c1cccc(NC(=O)Cc2c(C)n(C)c3ccccc23)c1. The summed E-state index contributed by atoms with van der Waals surface area (Å²) in [6, 6.07) is 14.8. The number of para-hydroxylation sites is 1. The molecule has 5 heteroatoms. The average Bonchev–Trinajstić information content (AvgIpc) is 2.86. The number of carbonyl (C=O) groups is 2. The first-order valence-corrected chi connectivity index (χ1v) is 8.02. The zero-order valence-corrected chi connectivity index (χ0v) is 14.5. The van der Waals surface area contributed by atoms with Gasteiger partial charge in [-0.15, -0.1) is 0 Å². The molecule has 0 spiro atoms. The third-order valence-corrected chi connectivity index (χ3v) is 4.44. The van der Waals surface area contributed by atoms with Gasteiger partial charge in [-0.05, 0) is 36.8 Å². The van der Waals surface area contributed by atoms with E-state index in [1.54, 1.807) is 24.3 Å². The fourth-order valence-electron chi connectivity index (χ4n) is 3.03. The van der Waals surface area contributed by atoms with E-state index in [9.17, 15) is 9.59 Å². The Bertz CT molecular complexity index is 957. The molecule has 0 aliphatic heterocycles. The number of hydrogen-bond acceptors (Lipinski definition) is 3. The molecule has 0 unspecified atom stereocenters. The fourth-order valence-corrected chi connectivity index (χ4v) is 3.03. The summed E-state index contributed by atoms with van der Waals surface area (Å²) in [5.41, 5.74) is 4.17. The van der Waals surface area contributed by atoms with Crippen molar-refractivity contribution in [3.63, 3.8) is 0 Å². The lowest BCUT2D eigenvalue weighted by atomic mass is 10.1. The number of fused-ring (bicyclic) bond motifs is 1. The summed E-state index contributed by atoms with van der Waals surface area (Å²) in [5.74, 6) is -0.553. The van der Waals surface area contributed by atoms with Crippen molar-refractivity contribution < 1.29 is 14.3 Å². The van der Waals surface area contributed by atoms with Gasteiger partial charge in [-0.1, -0.05) is 24.3 Å². The van der Waals surface area contributed by atoms with Crippen LogP contribution in [0.1, 0.15) is 21.6 Å². The summed E-state index contributed by atoms with van der Waals surface area (Å²) < 4.78 is 6.80. The average molecular weight is 336 g/mol.